The van der Waals surface area contributed by atoms with E-state index in [0.29, 0.717) is 30.1 Å². The van der Waals surface area contributed by atoms with Crippen LogP contribution in [0.5, 0.6) is 0 Å². The Morgan fingerprint density at radius 1 is 1.27 bits per heavy atom. The van der Waals surface area contributed by atoms with Crippen LogP contribution in [0.1, 0.15) is 42.6 Å². The van der Waals surface area contributed by atoms with Crippen molar-refractivity contribution in [1.29, 1.82) is 0 Å². The third kappa shape index (κ3) is 7.34. The lowest BCUT2D eigenvalue weighted by Gasteiger charge is -2.19. The number of aryl methyl sites for hydroxylation is 1. The van der Waals surface area contributed by atoms with Crippen molar-refractivity contribution in [2.24, 2.45) is 4.99 Å². The van der Waals surface area contributed by atoms with E-state index in [1.165, 1.54) is 12.1 Å². The lowest BCUT2D eigenvalue weighted by Crippen LogP contribution is -2.35. The van der Waals surface area contributed by atoms with Gasteiger partial charge in [0.1, 0.15) is 35.6 Å². The summed E-state index contributed by atoms with van der Waals surface area (Å²) in [5.74, 6) is -0.320. The molecule has 1 saturated heterocycles. The second-order valence-corrected chi connectivity index (χ2v) is 11.3. The summed E-state index contributed by atoms with van der Waals surface area (Å²) in [6, 6.07) is 7.58. The van der Waals surface area contributed by atoms with Gasteiger partial charge in [-0.1, -0.05) is 23.7 Å². The highest BCUT2D eigenvalue weighted by atomic mass is 35.5. The van der Waals surface area contributed by atoms with Crippen LogP contribution in [0.15, 0.2) is 35.3 Å². The van der Waals surface area contributed by atoms with Gasteiger partial charge in [0.2, 0.25) is 0 Å². The number of fused-ring (bicyclic) bond motifs is 1. The predicted octanol–water partition coefficient (Wildman–Crippen LogP) is 2.81. The number of nitrogens with one attached hydrogen (secondary N) is 1. The number of aromatic nitrogens is 1. The predicted molar refractivity (Wildman–Crippen MR) is 136 cm³/mol. The molecule has 0 amide bonds. The summed E-state index contributed by atoms with van der Waals surface area (Å²) in [5.41, 5.74) is 3.01. The van der Waals surface area contributed by atoms with E-state index in [0.717, 1.165) is 16.8 Å². The molecule has 37 heavy (non-hydrogen) atoms. The minimum Gasteiger partial charge on any atom is -0.388 e. The number of ether oxygens (including phenoxy) is 2. The second-order valence-electron chi connectivity index (χ2n) is 9.34. The largest absolute Gasteiger partial charge is 0.388 e. The molecule has 5 N–H and O–H groups in total. The summed E-state index contributed by atoms with van der Waals surface area (Å²) in [7, 11) is -4.35. The van der Waals surface area contributed by atoms with E-state index < -0.39 is 38.4 Å². The van der Waals surface area contributed by atoms with E-state index in [9.17, 15) is 19.2 Å². The first kappa shape index (κ1) is 28.1. The number of aliphatic hydroxyl groups is 2. The summed E-state index contributed by atoms with van der Waals surface area (Å²) >= 11 is 6.29. The van der Waals surface area contributed by atoms with Crippen molar-refractivity contribution in [3.8, 4) is 0 Å². The average Bonchev–Trinajstić information content (AvgIpc) is 2.96. The smallest absolute Gasteiger partial charge is 0.350 e. The van der Waals surface area contributed by atoms with E-state index in [1.807, 2.05) is 13.0 Å². The molecule has 0 spiro atoms. The molecule has 1 fully saturated rings. The standard InChI is InChI=1S/C24H30ClFN3O7P/c1-13(14-3-2-4-15(26)7-14)28-19-9-22(25)29-18-6-5-16(27-10-17(18)19)8-20-23(30)24(31)21(36-20)11-35-12-37(32,33)34/h2-4,7,9-10,13,16,20-21,23-24,30-31H,5-6,8,11-12H2,1H3,(H,28,29)(H2,32,33,34)/t13-,16+,20-,21+,23-,24+/m0/s1. The van der Waals surface area contributed by atoms with Gasteiger partial charge in [0.15, 0.2) is 0 Å². The molecule has 3 heterocycles. The van der Waals surface area contributed by atoms with Crippen molar-refractivity contribution >= 4 is 31.1 Å². The third-order valence-electron chi connectivity index (χ3n) is 6.46. The van der Waals surface area contributed by atoms with Gasteiger partial charge >= 0.3 is 7.60 Å². The van der Waals surface area contributed by atoms with Crippen molar-refractivity contribution in [2.75, 3.05) is 18.3 Å². The monoisotopic (exact) mass is 557 g/mol. The van der Waals surface area contributed by atoms with E-state index in [-0.39, 0.29) is 24.5 Å². The van der Waals surface area contributed by atoms with Crippen LogP contribution in [0.2, 0.25) is 5.15 Å². The van der Waals surface area contributed by atoms with Gasteiger partial charge in [-0.2, -0.15) is 0 Å². The van der Waals surface area contributed by atoms with Crippen molar-refractivity contribution in [3.05, 3.63) is 58.1 Å². The topological polar surface area (TPSA) is 154 Å². The zero-order chi connectivity index (χ0) is 26.7. The number of benzene rings is 1. The highest BCUT2D eigenvalue weighted by molar-refractivity contribution is 7.51. The van der Waals surface area contributed by atoms with E-state index in [2.05, 4.69) is 15.3 Å². The van der Waals surface area contributed by atoms with Crippen molar-refractivity contribution in [2.45, 2.75) is 62.7 Å². The molecule has 13 heteroatoms. The Hall–Kier alpha value is -1.95. The summed E-state index contributed by atoms with van der Waals surface area (Å²) < 4.78 is 35.4. The summed E-state index contributed by atoms with van der Waals surface area (Å²) in [4.78, 5) is 27.0. The Kier molecular flexibility index (Phi) is 8.98. The van der Waals surface area contributed by atoms with Crippen LogP contribution < -0.4 is 5.32 Å². The van der Waals surface area contributed by atoms with E-state index >= 15 is 0 Å². The normalized spacial score (nSPS) is 26.5. The van der Waals surface area contributed by atoms with Gasteiger partial charge in [-0.25, -0.2) is 9.37 Å². The van der Waals surface area contributed by atoms with Gasteiger partial charge in [-0.05, 0) is 49.9 Å². The molecule has 6 atom stereocenters. The maximum Gasteiger partial charge on any atom is 0.350 e. The maximum absolute atomic E-state index is 13.7. The number of nitrogens with zero attached hydrogens (tertiary/aromatic N) is 2. The molecule has 0 saturated carbocycles. The Bertz CT molecular complexity index is 1180. The quantitative estimate of drug-likeness (QED) is 0.231. The molecule has 2 aliphatic rings. The van der Waals surface area contributed by atoms with Gasteiger partial charge in [-0.3, -0.25) is 9.56 Å². The van der Waals surface area contributed by atoms with Crippen LogP contribution in [0, 0.1) is 5.82 Å². The first-order chi connectivity index (χ1) is 17.5. The van der Waals surface area contributed by atoms with E-state index in [1.54, 1.807) is 18.3 Å². The number of aliphatic imine (C=N–C) groups is 1. The molecule has 0 bridgehead atoms. The average molecular weight is 558 g/mol. The number of hydrogen-bond donors (Lipinski definition) is 5. The fraction of sp³-hybridized carbons (Fsp3) is 0.500. The van der Waals surface area contributed by atoms with Crippen molar-refractivity contribution in [1.82, 2.24) is 4.98 Å². The van der Waals surface area contributed by atoms with Crippen LogP contribution >= 0.6 is 19.2 Å². The van der Waals surface area contributed by atoms with Crippen molar-refractivity contribution < 1.29 is 38.4 Å². The van der Waals surface area contributed by atoms with Gasteiger partial charge in [0.25, 0.3) is 0 Å². The van der Waals surface area contributed by atoms with Crippen LogP contribution in [-0.2, 0) is 20.5 Å². The summed E-state index contributed by atoms with van der Waals surface area (Å²) in [6.45, 7) is 1.65. The molecule has 0 aliphatic carbocycles. The molecule has 1 aromatic heterocycles. The Labute approximate surface area is 218 Å². The molecule has 0 unspecified atom stereocenters. The molecule has 4 rings (SSSR count). The summed E-state index contributed by atoms with van der Waals surface area (Å²) in [5, 5.41) is 24.5. The maximum atomic E-state index is 13.7. The Morgan fingerprint density at radius 2 is 2.03 bits per heavy atom. The number of pyridine rings is 1. The zero-order valence-electron chi connectivity index (χ0n) is 20.1. The van der Waals surface area contributed by atoms with Crippen molar-refractivity contribution in [3.63, 3.8) is 0 Å². The highest BCUT2D eigenvalue weighted by Gasteiger charge is 2.43. The molecule has 2 aromatic rings. The molecule has 202 valence electrons. The zero-order valence-corrected chi connectivity index (χ0v) is 21.7. The molecular weight excluding hydrogens is 528 g/mol. The second kappa shape index (κ2) is 11.8. The molecule has 1 aromatic carbocycles. The first-order valence-corrected chi connectivity index (χ1v) is 14.1. The van der Waals surface area contributed by atoms with Crippen LogP contribution in [0.4, 0.5) is 10.1 Å². The fourth-order valence-electron chi connectivity index (χ4n) is 4.57. The first-order valence-electron chi connectivity index (χ1n) is 11.9. The third-order valence-corrected chi connectivity index (χ3v) is 7.18. The van der Waals surface area contributed by atoms with E-state index in [4.69, 9.17) is 30.9 Å². The number of anilines is 1. The Balaban J connectivity index is 1.43. The minimum absolute atomic E-state index is 0.209. The van der Waals surface area contributed by atoms with Crippen LogP contribution in [-0.4, -0.2) is 74.6 Å². The SMILES string of the molecule is C[C@H](Nc1cc(Cl)nc2c1C=N[C@@H](C[C@@H]1O[C@H](COCP(=O)(O)O)[C@@H](O)[C@H]1O)CC2)c1cccc(F)c1. The van der Waals surface area contributed by atoms with Crippen LogP contribution in [0.3, 0.4) is 0 Å². The lowest BCUT2D eigenvalue weighted by molar-refractivity contribution is -0.0411. The molecular formula is C24H30ClFN3O7P. The summed E-state index contributed by atoms with van der Waals surface area (Å²) in [6.07, 6.45) is -1.72. The lowest BCUT2D eigenvalue weighted by atomic mass is 9.99. The van der Waals surface area contributed by atoms with Gasteiger partial charge < -0.3 is 34.8 Å². The molecule has 10 nitrogen and oxygen atoms in total. The highest BCUT2D eigenvalue weighted by Crippen LogP contribution is 2.35. The van der Waals surface area contributed by atoms with Crippen LogP contribution in [0.25, 0.3) is 0 Å². The van der Waals surface area contributed by atoms with Gasteiger partial charge in [-0.15, -0.1) is 0 Å². The number of hydrogen-bond acceptors (Lipinski definition) is 8. The number of halogens is 2. The number of rotatable bonds is 9. The molecule has 2 aliphatic heterocycles. The minimum atomic E-state index is -4.35. The Morgan fingerprint density at radius 3 is 2.76 bits per heavy atom. The van der Waals surface area contributed by atoms with Gasteiger partial charge in [0, 0.05) is 23.5 Å². The van der Waals surface area contributed by atoms with Gasteiger partial charge in [0.05, 0.1) is 24.4 Å². The fourth-order valence-corrected chi connectivity index (χ4v) is 5.13. The number of aliphatic hydroxyl groups excluding tert-OH is 2. The molecule has 0 radical (unpaired) electrons.